The molecule has 1 aliphatic carbocycles. The number of halogens is 3. The van der Waals surface area contributed by atoms with Gasteiger partial charge in [-0.05, 0) is 32.1 Å². The average Bonchev–Trinajstić information content (AvgIpc) is 3.01. The quantitative estimate of drug-likeness (QED) is 0.616. The SMILES string of the molecule is O=C(O)C(F)(F)F.O=C(O)c1nccnc1NC1CCC(N2CCCS2(=O)=O)CC1. The number of alkyl halides is 3. The molecule has 3 rings (SSSR count). The molecule has 0 atom stereocenters. The summed E-state index contributed by atoms with van der Waals surface area (Å²) in [6.07, 6.45) is 1.56. The summed E-state index contributed by atoms with van der Waals surface area (Å²) < 4.78 is 57.3. The second kappa shape index (κ2) is 9.55. The molecule has 2 fully saturated rings. The van der Waals surface area contributed by atoms with Gasteiger partial charge in [0.25, 0.3) is 0 Å². The zero-order chi connectivity index (χ0) is 22.5. The molecule has 0 bridgehead atoms. The molecule has 0 spiro atoms. The first-order valence-electron chi connectivity index (χ1n) is 9.02. The standard InChI is InChI=1S/C14H20N4O4S.C2HF3O2/c19-14(20)12-13(16-7-6-15-12)17-10-2-4-11(5-3-10)18-8-1-9-23(18,21)22;3-2(4,5)1(6)7/h6-7,10-11H,1-5,8-9H2,(H,16,17)(H,19,20);(H,6,7). The summed E-state index contributed by atoms with van der Waals surface area (Å²) >= 11 is 0. The Balaban J connectivity index is 0.000000396. The number of aromatic nitrogens is 2. The minimum Gasteiger partial charge on any atom is -0.476 e. The number of sulfonamides is 1. The Morgan fingerprint density at radius 1 is 1.10 bits per heavy atom. The van der Waals surface area contributed by atoms with E-state index in [9.17, 15) is 26.4 Å². The molecule has 0 aromatic carbocycles. The summed E-state index contributed by atoms with van der Waals surface area (Å²) in [5.41, 5.74) is -0.0863. The first kappa shape index (κ1) is 23.8. The number of aromatic carboxylic acids is 1. The van der Waals surface area contributed by atoms with E-state index in [1.54, 1.807) is 4.31 Å². The highest BCUT2D eigenvalue weighted by Gasteiger charge is 2.38. The molecule has 1 saturated heterocycles. The Morgan fingerprint density at radius 3 is 2.13 bits per heavy atom. The highest BCUT2D eigenvalue weighted by atomic mass is 32.2. The molecule has 10 nitrogen and oxygen atoms in total. The van der Waals surface area contributed by atoms with E-state index in [0.29, 0.717) is 13.0 Å². The van der Waals surface area contributed by atoms with Crippen LogP contribution in [0.5, 0.6) is 0 Å². The van der Waals surface area contributed by atoms with E-state index in [0.717, 1.165) is 25.7 Å². The third kappa shape index (κ3) is 6.26. The van der Waals surface area contributed by atoms with Crippen LogP contribution >= 0.6 is 0 Å². The Kier molecular flexibility index (Phi) is 7.58. The number of rotatable bonds is 4. The highest BCUT2D eigenvalue weighted by molar-refractivity contribution is 7.89. The zero-order valence-electron chi connectivity index (χ0n) is 15.7. The second-order valence-corrected chi connectivity index (χ2v) is 8.83. The van der Waals surface area contributed by atoms with Gasteiger partial charge in [-0.1, -0.05) is 0 Å². The number of hydrogen-bond acceptors (Lipinski definition) is 7. The van der Waals surface area contributed by atoms with E-state index < -0.39 is 28.1 Å². The monoisotopic (exact) mass is 454 g/mol. The Bertz CT molecular complexity index is 872. The molecule has 3 N–H and O–H groups in total. The van der Waals surface area contributed by atoms with Gasteiger partial charge in [0.1, 0.15) is 0 Å². The van der Waals surface area contributed by atoms with E-state index in [-0.39, 0.29) is 29.3 Å². The predicted molar refractivity (Wildman–Crippen MR) is 97.5 cm³/mol. The number of nitrogens with one attached hydrogen (secondary N) is 1. The minimum atomic E-state index is -5.08. The van der Waals surface area contributed by atoms with Crippen LogP contribution in [0.25, 0.3) is 0 Å². The molecular formula is C16H21F3N4O6S. The number of aliphatic carboxylic acids is 1. The Hall–Kier alpha value is -2.48. The van der Waals surface area contributed by atoms with Crippen molar-refractivity contribution in [1.82, 2.24) is 14.3 Å². The number of carbonyl (C=O) groups is 2. The molecule has 2 heterocycles. The van der Waals surface area contributed by atoms with E-state index in [1.807, 2.05) is 0 Å². The van der Waals surface area contributed by atoms with Gasteiger partial charge in [-0.25, -0.2) is 28.0 Å². The lowest BCUT2D eigenvalue weighted by molar-refractivity contribution is -0.192. The van der Waals surface area contributed by atoms with Crippen molar-refractivity contribution in [2.75, 3.05) is 17.6 Å². The first-order valence-corrected chi connectivity index (χ1v) is 10.6. The van der Waals surface area contributed by atoms with E-state index in [2.05, 4.69) is 15.3 Å². The summed E-state index contributed by atoms with van der Waals surface area (Å²) in [4.78, 5) is 27.9. The van der Waals surface area contributed by atoms with Crippen molar-refractivity contribution in [3.05, 3.63) is 18.1 Å². The predicted octanol–water partition coefficient (Wildman–Crippen LogP) is 1.57. The lowest BCUT2D eigenvalue weighted by atomic mass is 9.91. The first-order chi connectivity index (χ1) is 13.9. The largest absolute Gasteiger partial charge is 0.490 e. The van der Waals surface area contributed by atoms with Crippen LogP contribution in [-0.4, -0.2) is 75.4 Å². The Morgan fingerprint density at radius 2 is 1.67 bits per heavy atom. The van der Waals surface area contributed by atoms with E-state index in [4.69, 9.17) is 15.0 Å². The van der Waals surface area contributed by atoms with Crippen molar-refractivity contribution in [3.8, 4) is 0 Å². The summed E-state index contributed by atoms with van der Waals surface area (Å²) in [6.45, 7) is 0.623. The van der Waals surface area contributed by atoms with Crippen molar-refractivity contribution >= 4 is 27.8 Å². The molecule has 168 valence electrons. The number of carboxylic acid groups (broad SMARTS) is 2. The van der Waals surface area contributed by atoms with Crippen molar-refractivity contribution in [2.45, 2.75) is 50.4 Å². The van der Waals surface area contributed by atoms with Crippen LogP contribution in [-0.2, 0) is 14.8 Å². The van der Waals surface area contributed by atoms with Crippen LogP contribution in [0, 0.1) is 0 Å². The maximum absolute atomic E-state index is 12.0. The molecule has 1 aromatic heterocycles. The number of anilines is 1. The van der Waals surface area contributed by atoms with E-state index >= 15 is 0 Å². The molecule has 1 aromatic rings. The Labute approximate surface area is 170 Å². The molecular weight excluding hydrogens is 433 g/mol. The van der Waals surface area contributed by atoms with Crippen LogP contribution in [0.15, 0.2) is 12.4 Å². The number of carboxylic acids is 2. The molecule has 0 unspecified atom stereocenters. The molecule has 14 heteroatoms. The van der Waals surface area contributed by atoms with Crippen LogP contribution < -0.4 is 5.32 Å². The van der Waals surface area contributed by atoms with Crippen LogP contribution in [0.4, 0.5) is 19.0 Å². The van der Waals surface area contributed by atoms with Crippen molar-refractivity contribution in [1.29, 1.82) is 0 Å². The third-order valence-electron chi connectivity index (χ3n) is 4.73. The normalized spacial score (nSPS) is 23.8. The van der Waals surface area contributed by atoms with Gasteiger partial charge in [-0.3, -0.25) is 0 Å². The minimum absolute atomic E-state index is 0.0707. The molecule has 0 radical (unpaired) electrons. The summed E-state index contributed by atoms with van der Waals surface area (Å²) in [5.74, 6) is -3.34. The lowest BCUT2D eigenvalue weighted by Crippen LogP contribution is -2.41. The summed E-state index contributed by atoms with van der Waals surface area (Å²) in [6, 6.07) is 0.160. The average molecular weight is 454 g/mol. The summed E-state index contributed by atoms with van der Waals surface area (Å²) in [5, 5.41) is 19.4. The topological polar surface area (TPSA) is 150 Å². The van der Waals surface area contributed by atoms with Gasteiger partial charge in [0.2, 0.25) is 10.0 Å². The molecule has 1 saturated carbocycles. The highest BCUT2D eigenvalue weighted by Crippen LogP contribution is 2.29. The van der Waals surface area contributed by atoms with E-state index in [1.165, 1.54) is 12.4 Å². The molecule has 0 amide bonds. The van der Waals surface area contributed by atoms with Gasteiger partial charge < -0.3 is 15.5 Å². The van der Waals surface area contributed by atoms with Gasteiger partial charge in [0, 0.05) is 31.0 Å². The fourth-order valence-electron chi connectivity index (χ4n) is 3.37. The molecule has 1 aliphatic heterocycles. The maximum atomic E-state index is 12.0. The zero-order valence-corrected chi connectivity index (χ0v) is 16.5. The van der Waals surface area contributed by atoms with Gasteiger partial charge in [0.05, 0.1) is 5.75 Å². The number of hydrogen-bond donors (Lipinski definition) is 3. The lowest BCUT2D eigenvalue weighted by Gasteiger charge is -2.34. The van der Waals surface area contributed by atoms with Crippen molar-refractivity contribution in [2.24, 2.45) is 0 Å². The van der Waals surface area contributed by atoms with Gasteiger partial charge >= 0.3 is 18.1 Å². The fourth-order valence-corrected chi connectivity index (χ4v) is 5.17. The third-order valence-corrected chi connectivity index (χ3v) is 6.73. The molecule has 2 aliphatic rings. The van der Waals surface area contributed by atoms with Crippen LogP contribution in [0.3, 0.4) is 0 Å². The van der Waals surface area contributed by atoms with Crippen molar-refractivity contribution < 1.29 is 41.4 Å². The second-order valence-electron chi connectivity index (χ2n) is 6.79. The summed E-state index contributed by atoms with van der Waals surface area (Å²) in [7, 11) is -3.07. The smallest absolute Gasteiger partial charge is 0.476 e. The fraction of sp³-hybridized carbons (Fsp3) is 0.625. The van der Waals surface area contributed by atoms with Gasteiger partial charge in [-0.2, -0.15) is 17.5 Å². The van der Waals surface area contributed by atoms with Gasteiger partial charge in [0.15, 0.2) is 11.5 Å². The number of nitrogens with zero attached hydrogens (tertiary/aromatic N) is 3. The van der Waals surface area contributed by atoms with Crippen LogP contribution in [0.1, 0.15) is 42.6 Å². The van der Waals surface area contributed by atoms with Crippen LogP contribution in [0.2, 0.25) is 0 Å². The maximum Gasteiger partial charge on any atom is 0.490 e. The van der Waals surface area contributed by atoms with Crippen molar-refractivity contribution in [3.63, 3.8) is 0 Å². The van der Waals surface area contributed by atoms with Gasteiger partial charge in [-0.15, -0.1) is 0 Å². The molecule has 30 heavy (non-hydrogen) atoms.